The first kappa shape index (κ1) is 15.0. The molecule has 4 N–H and O–H groups in total. The van der Waals surface area contributed by atoms with Gasteiger partial charge in [-0.05, 0) is 24.0 Å². The molecule has 0 aliphatic heterocycles. The third-order valence-corrected chi connectivity index (χ3v) is 3.10. The fourth-order valence-electron chi connectivity index (χ4n) is 1.80. The van der Waals surface area contributed by atoms with Gasteiger partial charge in [-0.2, -0.15) is 0 Å². The van der Waals surface area contributed by atoms with E-state index in [1.807, 2.05) is 31.2 Å². The van der Waals surface area contributed by atoms with Crippen molar-refractivity contribution in [2.75, 3.05) is 0 Å². The predicted molar refractivity (Wildman–Crippen MR) is 74.9 cm³/mol. The van der Waals surface area contributed by atoms with Crippen LogP contribution in [0.5, 0.6) is 0 Å². The van der Waals surface area contributed by atoms with Crippen molar-refractivity contribution in [3.8, 4) is 0 Å². The van der Waals surface area contributed by atoms with Crippen LogP contribution in [0.15, 0.2) is 29.4 Å². The maximum atomic E-state index is 11.9. The van der Waals surface area contributed by atoms with Crippen LogP contribution in [0, 0.1) is 5.92 Å². The molecule has 104 valence electrons. The number of oxime groups is 1. The molecule has 1 unspecified atom stereocenters. The number of nitrogens with zero attached hydrogens (tertiary/aromatic N) is 1. The van der Waals surface area contributed by atoms with Crippen molar-refractivity contribution in [2.45, 2.75) is 33.2 Å². The molecule has 1 rings (SSSR count). The fourth-order valence-corrected chi connectivity index (χ4v) is 1.80. The molecule has 5 nitrogen and oxygen atoms in total. The van der Waals surface area contributed by atoms with Gasteiger partial charge in [0.15, 0.2) is 5.84 Å². The molecule has 0 aromatic heterocycles. The van der Waals surface area contributed by atoms with E-state index in [-0.39, 0.29) is 11.7 Å². The molecule has 19 heavy (non-hydrogen) atoms. The Morgan fingerprint density at radius 3 is 2.37 bits per heavy atom. The molecule has 0 aliphatic rings. The van der Waals surface area contributed by atoms with Gasteiger partial charge in [0, 0.05) is 6.54 Å². The average molecular weight is 263 g/mol. The minimum Gasteiger partial charge on any atom is -0.409 e. The molecule has 0 spiro atoms. The van der Waals surface area contributed by atoms with Crippen LogP contribution < -0.4 is 11.1 Å². The van der Waals surface area contributed by atoms with Gasteiger partial charge in [0.25, 0.3) is 0 Å². The largest absolute Gasteiger partial charge is 0.409 e. The van der Waals surface area contributed by atoms with Gasteiger partial charge in [0.05, 0.1) is 5.92 Å². The lowest BCUT2D eigenvalue weighted by Gasteiger charge is -2.13. The van der Waals surface area contributed by atoms with Gasteiger partial charge in [-0.25, -0.2) is 0 Å². The van der Waals surface area contributed by atoms with E-state index < -0.39 is 5.92 Å². The van der Waals surface area contributed by atoms with E-state index in [4.69, 9.17) is 10.9 Å². The summed E-state index contributed by atoms with van der Waals surface area (Å²) in [6.45, 7) is 4.36. The van der Waals surface area contributed by atoms with Gasteiger partial charge in [-0.15, -0.1) is 0 Å². The highest BCUT2D eigenvalue weighted by atomic mass is 16.4. The van der Waals surface area contributed by atoms with E-state index in [1.54, 1.807) is 0 Å². The van der Waals surface area contributed by atoms with Crippen molar-refractivity contribution in [3.05, 3.63) is 35.4 Å². The maximum absolute atomic E-state index is 11.9. The number of nitrogens with one attached hydrogen (secondary N) is 1. The molecular weight excluding hydrogens is 242 g/mol. The zero-order valence-electron chi connectivity index (χ0n) is 11.4. The monoisotopic (exact) mass is 263 g/mol. The molecule has 0 radical (unpaired) electrons. The van der Waals surface area contributed by atoms with Crippen molar-refractivity contribution in [1.82, 2.24) is 5.32 Å². The van der Waals surface area contributed by atoms with Gasteiger partial charge in [0.1, 0.15) is 0 Å². The predicted octanol–water partition coefficient (Wildman–Crippen LogP) is 1.64. The van der Waals surface area contributed by atoms with Gasteiger partial charge < -0.3 is 16.3 Å². The lowest BCUT2D eigenvalue weighted by Crippen LogP contribution is -2.38. The summed E-state index contributed by atoms with van der Waals surface area (Å²) in [7, 11) is 0. The summed E-state index contributed by atoms with van der Waals surface area (Å²) in [5, 5.41) is 14.3. The Kier molecular flexibility index (Phi) is 5.85. The second-order valence-corrected chi connectivity index (χ2v) is 4.37. The Labute approximate surface area is 113 Å². The molecule has 1 atom stereocenters. The number of nitrogens with two attached hydrogens (primary N) is 1. The summed E-state index contributed by atoms with van der Waals surface area (Å²) in [6.07, 6.45) is 1.49. The van der Waals surface area contributed by atoms with E-state index in [0.717, 1.165) is 12.0 Å². The molecule has 1 aromatic carbocycles. The van der Waals surface area contributed by atoms with E-state index in [2.05, 4.69) is 17.4 Å². The van der Waals surface area contributed by atoms with Crippen LogP contribution in [0.1, 0.15) is 31.4 Å². The van der Waals surface area contributed by atoms with Crippen LogP contribution in [0.25, 0.3) is 0 Å². The molecule has 0 saturated carbocycles. The fraction of sp³-hybridized carbons (Fsp3) is 0.429. The Balaban J connectivity index is 2.57. The second-order valence-electron chi connectivity index (χ2n) is 4.37. The minimum atomic E-state index is -0.583. The topological polar surface area (TPSA) is 87.7 Å². The number of rotatable bonds is 6. The van der Waals surface area contributed by atoms with E-state index in [0.29, 0.717) is 13.0 Å². The highest BCUT2D eigenvalue weighted by Gasteiger charge is 2.20. The van der Waals surface area contributed by atoms with Crippen molar-refractivity contribution in [1.29, 1.82) is 0 Å². The maximum Gasteiger partial charge on any atom is 0.231 e. The Bertz CT molecular complexity index is 441. The second kappa shape index (κ2) is 7.41. The van der Waals surface area contributed by atoms with Crippen molar-refractivity contribution in [3.63, 3.8) is 0 Å². The lowest BCUT2D eigenvalue weighted by atomic mass is 10.0. The molecule has 0 saturated heterocycles. The molecule has 0 fully saturated rings. The summed E-state index contributed by atoms with van der Waals surface area (Å²) in [5.74, 6) is -0.862. The van der Waals surface area contributed by atoms with Crippen LogP contribution in [-0.2, 0) is 17.8 Å². The van der Waals surface area contributed by atoms with Crippen LogP contribution in [0.2, 0.25) is 0 Å². The van der Waals surface area contributed by atoms with E-state index in [9.17, 15) is 4.79 Å². The number of amides is 1. The number of aryl methyl sites for hydroxylation is 1. The minimum absolute atomic E-state index is 0.0543. The van der Waals surface area contributed by atoms with Gasteiger partial charge in [-0.3, -0.25) is 4.79 Å². The molecule has 1 amide bonds. The highest BCUT2D eigenvalue weighted by molar-refractivity contribution is 6.01. The quantitative estimate of drug-likeness (QED) is 0.315. The number of benzene rings is 1. The Morgan fingerprint density at radius 2 is 1.89 bits per heavy atom. The van der Waals surface area contributed by atoms with Crippen LogP contribution in [-0.4, -0.2) is 17.0 Å². The SMILES string of the molecule is CCc1ccc(CNC(=O)C(CC)/C(N)=N/O)cc1. The molecular formula is C14H21N3O2. The van der Waals surface area contributed by atoms with Crippen molar-refractivity contribution >= 4 is 11.7 Å². The number of hydrogen-bond acceptors (Lipinski definition) is 3. The van der Waals surface area contributed by atoms with Gasteiger partial charge in [0.2, 0.25) is 5.91 Å². The summed E-state index contributed by atoms with van der Waals surface area (Å²) < 4.78 is 0. The first-order chi connectivity index (χ1) is 9.12. The average Bonchev–Trinajstić information content (AvgIpc) is 2.46. The summed E-state index contributed by atoms with van der Waals surface area (Å²) in [4.78, 5) is 11.9. The van der Waals surface area contributed by atoms with E-state index in [1.165, 1.54) is 5.56 Å². The summed E-state index contributed by atoms with van der Waals surface area (Å²) in [6, 6.07) is 8.07. The van der Waals surface area contributed by atoms with Crippen LogP contribution in [0.3, 0.4) is 0 Å². The van der Waals surface area contributed by atoms with Gasteiger partial charge >= 0.3 is 0 Å². The Morgan fingerprint density at radius 1 is 1.32 bits per heavy atom. The Hall–Kier alpha value is -2.04. The third-order valence-electron chi connectivity index (χ3n) is 3.10. The van der Waals surface area contributed by atoms with E-state index >= 15 is 0 Å². The lowest BCUT2D eigenvalue weighted by molar-refractivity contribution is -0.123. The zero-order chi connectivity index (χ0) is 14.3. The van der Waals surface area contributed by atoms with Crippen molar-refractivity contribution < 1.29 is 10.0 Å². The van der Waals surface area contributed by atoms with Gasteiger partial charge in [-0.1, -0.05) is 43.3 Å². The number of amidine groups is 1. The number of carbonyl (C=O) groups is 1. The van der Waals surface area contributed by atoms with Crippen molar-refractivity contribution in [2.24, 2.45) is 16.8 Å². The normalized spacial score (nSPS) is 13.1. The first-order valence-corrected chi connectivity index (χ1v) is 6.45. The standard InChI is InChI=1S/C14H21N3O2/c1-3-10-5-7-11(8-6-10)9-16-14(18)12(4-2)13(15)17-19/h5-8,12,19H,3-4,9H2,1-2H3,(H2,15,17)(H,16,18). The number of carbonyl (C=O) groups excluding carboxylic acids is 1. The first-order valence-electron chi connectivity index (χ1n) is 6.45. The van der Waals surface area contributed by atoms with Crippen LogP contribution in [0.4, 0.5) is 0 Å². The molecule has 0 bridgehead atoms. The highest BCUT2D eigenvalue weighted by Crippen LogP contribution is 2.07. The molecule has 0 heterocycles. The molecule has 1 aromatic rings. The molecule has 0 aliphatic carbocycles. The summed E-state index contributed by atoms with van der Waals surface area (Å²) in [5.41, 5.74) is 7.76. The number of hydrogen-bond donors (Lipinski definition) is 3. The molecule has 5 heteroatoms. The smallest absolute Gasteiger partial charge is 0.231 e. The zero-order valence-corrected chi connectivity index (χ0v) is 11.4. The summed E-state index contributed by atoms with van der Waals surface area (Å²) >= 11 is 0. The van der Waals surface area contributed by atoms with Crippen LogP contribution >= 0.6 is 0 Å². The third kappa shape index (κ3) is 4.28.